The molecule has 3 N–H and O–H groups in total. The van der Waals surface area contributed by atoms with E-state index in [1.54, 1.807) is 55.7 Å². The summed E-state index contributed by atoms with van der Waals surface area (Å²) >= 11 is 0. The first-order chi connectivity index (χ1) is 15.7. The summed E-state index contributed by atoms with van der Waals surface area (Å²) in [6, 6.07) is 12.9. The SMILES string of the molecule is CC1(O)CC(c2nc(-c3ccc(C(=O)c4ccccc4)c([N+](=O)[O-])c3)c3c(N)nccn23)C1. The maximum Gasteiger partial charge on any atom is 0.281 e. The Morgan fingerprint density at radius 2 is 1.97 bits per heavy atom. The number of imidazole rings is 1. The van der Waals surface area contributed by atoms with Crippen molar-refractivity contribution in [2.45, 2.75) is 31.3 Å². The summed E-state index contributed by atoms with van der Waals surface area (Å²) in [7, 11) is 0. The van der Waals surface area contributed by atoms with Gasteiger partial charge in [-0.1, -0.05) is 36.4 Å². The number of aromatic nitrogens is 3. The molecule has 9 heteroatoms. The maximum absolute atomic E-state index is 12.9. The summed E-state index contributed by atoms with van der Waals surface area (Å²) in [5.74, 6) is 0.552. The second-order valence-electron chi connectivity index (χ2n) is 8.64. The summed E-state index contributed by atoms with van der Waals surface area (Å²) < 4.78 is 1.83. The lowest BCUT2D eigenvalue weighted by Crippen LogP contribution is -2.40. The maximum atomic E-state index is 12.9. The number of anilines is 1. The second kappa shape index (κ2) is 7.49. The molecule has 2 aromatic carbocycles. The van der Waals surface area contributed by atoms with E-state index in [0.717, 1.165) is 0 Å². The van der Waals surface area contributed by atoms with Crippen LogP contribution in [0.2, 0.25) is 0 Å². The first-order valence-corrected chi connectivity index (χ1v) is 10.5. The molecule has 1 fully saturated rings. The van der Waals surface area contributed by atoms with E-state index < -0.39 is 16.3 Å². The number of nitro benzene ring substituents is 1. The van der Waals surface area contributed by atoms with Crippen LogP contribution in [0.1, 0.15) is 47.4 Å². The van der Waals surface area contributed by atoms with E-state index in [1.807, 2.05) is 4.40 Å². The highest BCUT2D eigenvalue weighted by Crippen LogP contribution is 2.45. The molecular weight excluding hydrogens is 422 g/mol. The molecule has 2 aromatic heterocycles. The number of carbonyl (C=O) groups excluding carboxylic acids is 1. The minimum absolute atomic E-state index is 0.000162. The first kappa shape index (κ1) is 20.8. The fraction of sp³-hybridized carbons (Fsp3) is 0.208. The quantitative estimate of drug-likeness (QED) is 0.272. The van der Waals surface area contributed by atoms with Crippen LogP contribution in [0.4, 0.5) is 11.5 Å². The summed E-state index contributed by atoms with van der Waals surface area (Å²) in [5.41, 5.74) is 6.93. The van der Waals surface area contributed by atoms with Crippen molar-refractivity contribution in [3.63, 3.8) is 0 Å². The minimum Gasteiger partial charge on any atom is -0.390 e. The number of hydrogen-bond acceptors (Lipinski definition) is 7. The Labute approximate surface area is 188 Å². The van der Waals surface area contributed by atoms with Crippen LogP contribution in [0.5, 0.6) is 0 Å². The molecule has 33 heavy (non-hydrogen) atoms. The van der Waals surface area contributed by atoms with Crippen LogP contribution in [0.25, 0.3) is 16.8 Å². The highest BCUT2D eigenvalue weighted by molar-refractivity contribution is 6.11. The summed E-state index contributed by atoms with van der Waals surface area (Å²) in [4.78, 5) is 33.1. The molecule has 0 atom stereocenters. The number of nitrogens with two attached hydrogens (primary N) is 1. The third kappa shape index (κ3) is 3.52. The molecule has 166 valence electrons. The Kier molecular flexibility index (Phi) is 4.71. The molecule has 0 spiro atoms. The summed E-state index contributed by atoms with van der Waals surface area (Å²) in [6.45, 7) is 1.78. The van der Waals surface area contributed by atoms with Crippen LogP contribution in [-0.4, -0.2) is 35.8 Å². The lowest BCUT2D eigenvalue weighted by Gasteiger charge is -2.40. The lowest BCUT2D eigenvalue weighted by atomic mass is 9.72. The molecule has 0 bridgehead atoms. The molecule has 0 radical (unpaired) electrons. The number of nitrogens with zero attached hydrogens (tertiary/aromatic N) is 4. The van der Waals surface area contributed by atoms with Gasteiger partial charge in [0.05, 0.1) is 10.5 Å². The Balaban J connectivity index is 1.64. The van der Waals surface area contributed by atoms with E-state index in [1.165, 1.54) is 12.1 Å². The number of hydrogen-bond donors (Lipinski definition) is 2. The van der Waals surface area contributed by atoms with Crippen molar-refractivity contribution >= 4 is 22.8 Å². The molecule has 2 heterocycles. The largest absolute Gasteiger partial charge is 0.390 e. The van der Waals surface area contributed by atoms with E-state index in [-0.39, 0.29) is 23.0 Å². The van der Waals surface area contributed by atoms with Crippen molar-refractivity contribution in [1.82, 2.24) is 14.4 Å². The van der Waals surface area contributed by atoms with Gasteiger partial charge in [-0.15, -0.1) is 0 Å². The van der Waals surface area contributed by atoms with Gasteiger partial charge < -0.3 is 10.8 Å². The van der Waals surface area contributed by atoms with E-state index in [0.29, 0.717) is 41.0 Å². The zero-order valence-electron chi connectivity index (χ0n) is 17.8. The Morgan fingerprint density at radius 1 is 1.24 bits per heavy atom. The molecule has 0 unspecified atom stereocenters. The van der Waals surface area contributed by atoms with Gasteiger partial charge in [-0.2, -0.15) is 0 Å². The van der Waals surface area contributed by atoms with E-state index in [2.05, 4.69) is 4.98 Å². The zero-order valence-corrected chi connectivity index (χ0v) is 17.8. The molecule has 4 aromatic rings. The van der Waals surface area contributed by atoms with Gasteiger partial charge in [-0.25, -0.2) is 9.97 Å². The molecule has 9 nitrogen and oxygen atoms in total. The van der Waals surface area contributed by atoms with Crippen LogP contribution >= 0.6 is 0 Å². The van der Waals surface area contributed by atoms with Crippen LogP contribution in [0.3, 0.4) is 0 Å². The summed E-state index contributed by atoms with van der Waals surface area (Å²) in [5, 5.41) is 22.1. The third-order valence-electron chi connectivity index (χ3n) is 6.10. The molecule has 1 saturated carbocycles. The lowest BCUT2D eigenvalue weighted by molar-refractivity contribution is -0.385. The van der Waals surface area contributed by atoms with Gasteiger partial charge >= 0.3 is 0 Å². The predicted molar refractivity (Wildman–Crippen MR) is 122 cm³/mol. The van der Waals surface area contributed by atoms with Crippen LogP contribution < -0.4 is 5.73 Å². The molecule has 0 amide bonds. The van der Waals surface area contributed by atoms with Crippen molar-refractivity contribution in [1.29, 1.82) is 0 Å². The number of ketones is 1. The fourth-order valence-electron chi connectivity index (χ4n) is 4.53. The number of aliphatic hydroxyl groups is 1. The molecule has 0 aliphatic heterocycles. The van der Waals surface area contributed by atoms with Crippen molar-refractivity contribution in [3.8, 4) is 11.3 Å². The average molecular weight is 443 g/mol. The van der Waals surface area contributed by atoms with Crippen molar-refractivity contribution in [2.24, 2.45) is 0 Å². The average Bonchev–Trinajstić information content (AvgIpc) is 3.18. The number of carbonyl (C=O) groups is 1. The van der Waals surface area contributed by atoms with Gasteiger partial charge in [0, 0.05) is 35.5 Å². The number of rotatable bonds is 5. The monoisotopic (exact) mass is 443 g/mol. The van der Waals surface area contributed by atoms with E-state index >= 15 is 0 Å². The normalized spacial score (nSPS) is 19.9. The number of benzene rings is 2. The van der Waals surface area contributed by atoms with Gasteiger partial charge in [-0.05, 0) is 25.8 Å². The standard InChI is InChI=1S/C24H21N5O4/c1-24(31)12-16(13-24)23-27-19(20-22(25)26-9-10-28(20)23)15-7-8-17(18(11-15)29(32)33)21(30)14-5-3-2-4-6-14/h2-11,16,31H,12-13H2,1H3,(H2,25,26). The van der Waals surface area contributed by atoms with E-state index in [4.69, 9.17) is 10.7 Å². The highest BCUT2D eigenvalue weighted by Gasteiger charge is 2.41. The van der Waals surface area contributed by atoms with Crippen molar-refractivity contribution in [2.75, 3.05) is 5.73 Å². The first-order valence-electron chi connectivity index (χ1n) is 10.5. The molecule has 5 rings (SSSR count). The van der Waals surface area contributed by atoms with Crippen molar-refractivity contribution < 1.29 is 14.8 Å². The van der Waals surface area contributed by atoms with Crippen molar-refractivity contribution in [3.05, 3.63) is 88.0 Å². The fourth-order valence-corrected chi connectivity index (χ4v) is 4.53. The zero-order chi connectivity index (χ0) is 23.3. The number of fused-ring (bicyclic) bond motifs is 1. The predicted octanol–water partition coefficient (Wildman–Crippen LogP) is 3.75. The highest BCUT2D eigenvalue weighted by atomic mass is 16.6. The van der Waals surface area contributed by atoms with Gasteiger partial charge in [0.2, 0.25) is 0 Å². The van der Waals surface area contributed by atoms with Crippen LogP contribution in [-0.2, 0) is 0 Å². The smallest absolute Gasteiger partial charge is 0.281 e. The molecule has 0 saturated heterocycles. The number of nitrogen functional groups attached to an aromatic ring is 1. The Bertz CT molecular complexity index is 1400. The van der Waals surface area contributed by atoms with Crippen LogP contribution in [0.15, 0.2) is 60.9 Å². The number of nitro groups is 1. The Hall–Kier alpha value is -4.11. The van der Waals surface area contributed by atoms with Crippen LogP contribution in [0, 0.1) is 10.1 Å². The molecule has 1 aliphatic rings. The topological polar surface area (TPSA) is 137 Å². The van der Waals surface area contributed by atoms with E-state index in [9.17, 15) is 20.0 Å². The third-order valence-corrected chi connectivity index (χ3v) is 6.10. The van der Waals surface area contributed by atoms with Gasteiger partial charge in [0.15, 0.2) is 5.78 Å². The second-order valence-corrected chi connectivity index (χ2v) is 8.64. The molecule has 1 aliphatic carbocycles. The Morgan fingerprint density at radius 3 is 2.64 bits per heavy atom. The minimum atomic E-state index is -0.743. The van der Waals surface area contributed by atoms with Gasteiger partial charge in [0.25, 0.3) is 5.69 Å². The van der Waals surface area contributed by atoms with Gasteiger partial charge in [-0.3, -0.25) is 19.3 Å². The van der Waals surface area contributed by atoms with Gasteiger partial charge in [0.1, 0.15) is 28.4 Å². The molecular formula is C24H21N5O4. The summed E-state index contributed by atoms with van der Waals surface area (Å²) in [6.07, 6.45) is 4.42.